The Kier molecular flexibility index (Phi) is 13.1. The summed E-state index contributed by atoms with van der Waals surface area (Å²) in [5, 5.41) is 28.7. The summed E-state index contributed by atoms with van der Waals surface area (Å²) in [6.07, 6.45) is 0. The maximum atomic E-state index is 10.6. The molecule has 4 rings (SSSR count). The zero-order chi connectivity index (χ0) is 28.9. The summed E-state index contributed by atoms with van der Waals surface area (Å²) in [6, 6.07) is 29.8. The smallest absolute Gasteiger partial charge is 0.507 e. The molecule has 4 aromatic carbocycles. The molecule has 0 heterocycles. The van der Waals surface area contributed by atoms with Gasteiger partial charge in [-0.2, -0.15) is 0 Å². The average Bonchev–Trinajstić information content (AvgIpc) is 2.96. The minimum Gasteiger partial charge on any atom is -0.507 e. The summed E-state index contributed by atoms with van der Waals surface area (Å²) in [5.74, 6) is 0.488. The minimum atomic E-state index is -0.833. The maximum Gasteiger partial charge on any atom is 2.00 e. The van der Waals surface area contributed by atoms with Crippen molar-refractivity contribution in [2.45, 2.75) is 6.92 Å². The second kappa shape index (κ2) is 16.5. The number of phenolic OH excluding ortho intramolecular Hbond substituents is 2. The predicted octanol–water partition coefficient (Wildman–Crippen LogP) is 5.58. The van der Waals surface area contributed by atoms with Crippen LogP contribution in [0.5, 0.6) is 23.0 Å². The number of carboxylic acid groups (broad SMARTS) is 1. The third kappa shape index (κ3) is 9.53. The van der Waals surface area contributed by atoms with Crippen molar-refractivity contribution in [2.75, 3.05) is 27.3 Å². The molecule has 0 aliphatic rings. The summed E-state index contributed by atoms with van der Waals surface area (Å²) >= 11 is 0. The van der Waals surface area contributed by atoms with Gasteiger partial charge < -0.3 is 24.8 Å². The zero-order valence-electron chi connectivity index (χ0n) is 23.0. The van der Waals surface area contributed by atoms with Gasteiger partial charge in [0.05, 0.1) is 38.7 Å². The Labute approximate surface area is 250 Å². The van der Waals surface area contributed by atoms with Gasteiger partial charge in [-0.25, -0.2) is 0 Å². The number of methoxy groups -OCH3 is 2. The number of aliphatic carboxylic acids is 1. The van der Waals surface area contributed by atoms with E-state index in [9.17, 15) is 10.2 Å². The Bertz CT molecular complexity index is 1360. The SMILES string of the molecule is CC(=O)O.COc1ccc(C(=NCCN=C(c2ccccc2)c2ccc(OC)cc2O)c2ccccc2)c(O)c1.[Mn+2]. The number of ether oxygens (including phenoxy) is 2. The van der Waals surface area contributed by atoms with Crippen LogP contribution in [0.1, 0.15) is 29.2 Å². The van der Waals surface area contributed by atoms with Gasteiger partial charge in [0.2, 0.25) is 0 Å². The first-order valence-electron chi connectivity index (χ1n) is 12.5. The molecule has 0 aliphatic heterocycles. The van der Waals surface area contributed by atoms with E-state index in [4.69, 9.17) is 29.4 Å². The molecule has 3 N–H and O–H groups in total. The molecule has 4 aromatic rings. The van der Waals surface area contributed by atoms with Crippen LogP contribution >= 0.6 is 0 Å². The van der Waals surface area contributed by atoms with Gasteiger partial charge in [-0.3, -0.25) is 14.8 Å². The van der Waals surface area contributed by atoms with Crippen molar-refractivity contribution in [2.24, 2.45) is 9.98 Å². The number of nitrogens with zero attached hydrogens (tertiary/aromatic N) is 2. The van der Waals surface area contributed by atoms with E-state index in [1.165, 1.54) is 0 Å². The molecule has 0 bridgehead atoms. The first kappa shape index (κ1) is 32.6. The van der Waals surface area contributed by atoms with Crippen LogP contribution in [-0.2, 0) is 21.9 Å². The summed E-state index contributed by atoms with van der Waals surface area (Å²) in [6.45, 7) is 1.84. The van der Waals surface area contributed by atoms with E-state index < -0.39 is 5.97 Å². The van der Waals surface area contributed by atoms with Crippen molar-refractivity contribution in [1.29, 1.82) is 0 Å². The molecule has 0 saturated heterocycles. The van der Waals surface area contributed by atoms with Gasteiger partial charge in [0.15, 0.2) is 0 Å². The van der Waals surface area contributed by atoms with Gasteiger partial charge in [-0.05, 0) is 24.3 Å². The van der Waals surface area contributed by atoms with E-state index in [0.29, 0.717) is 47.1 Å². The fourth-order valence-corrected chi connectivity index (χ4v) is 3.86. The van der Waals surface area contributed by atoms with Crippen molar-refractivity contribution in [3.63, 3.8) is 0 Å². The number of hydrogen-bond acceptors (Lipinski definition) is 7. The molecule has 0 unspecified atom stereocenters. The second-order valence-corrected chi connectivity index (χ2v) is 8.48. The molecule has 0 aromatic heterocycles. The third-order valence-corrected chi connectivity index (χ3v) is 5.65. The van der Waals surface area contributed by atoms with E-state index >= 15 is 0 Å². The van der Waals surface area contributed by atoms with Crippen LogP contribution in [0, 0.1) is 0 Å². The van der Waals surface area contributed by atoms with Gasteiger partial charge in [0.25, 0.3) is 5.97 Å². The Hall–Kier alpha value is -4.59. The number of carbonyl (C=O) groups is 1. The Morgan fingerprint density at radius 1 is 0.659 bits per heavy atom. The normalized spacial score (nSPS) is 11.0. The molecule has 0 saturated carbocycles. The van der Waals surface area contributed by atoms with Crippen molar-refractivity contribution in [3.8, 4) is 23.0 Å². The third-order valence-electron chi connectivity index (χ3n) is 5.65. The predicted molar refractivity (Wildman–Crippen MR) is 157 cm³/mol. The average molecular weight is 596 g/mol. The number of benzene rings is 4. The molecule has 1 radical (unpaired) electrons. The molecule has 8 nitrogen and oxygen atoms in total. The monoisotopic (exact) mass is 595 g/mol. The number of aromatic hydroxyl groups is 2. The van der Waals surface area contributed by atoms with Crippen LogP contribution in [0.25, 0.3) is 0 Å². The fraction of sp³-hybridized carbons (Fsp3) is 0.156. The van der Waals surface area contributed by atoms with Crippen LogP contribution in [-0.4, -0.2) is 60.0 Å². The second-order valence-electron chi connectivity index (χ2n) is 8.48. The van der Waals surface area contributed by atoms with E-state index in [-0.39, 0.29) is 28.6 Å². The molecule has 0 amide bonds. The number of rotatable bonds is 9. The van der Waals surface area contributed by atoms with Crippen LogP contribution in [0.3, 0.4) is 0 Å². The Morgan fingerprint density at radius 3 is 1.29 bits per heavy atom. The number of hydrogen-bond donors (Lipinski definition) is 3. The molecule has 0 aliphatic carbocycles. The van der Waals surface area contributed by atoms with E-state index in [1.54, 1.807) is 50.6 Å². The largest absolute Gasteiger partial charge is 2.00 e. The van der Waals surface area contributed by atoms with Crippen LogP contribution < -0.4 is 9.47 Å². The molecule has 0 fully saturated rings. The molecular weight excluding hydrogens is 563 g/mol. The number of aliphatic imine (C=N–C) groups is 2. The topological polar surface area (TPSA) is 121 Å². The first-order valence-corrected chi connectivity index (χ1v) is 12.5. The standard InChI is InChI=1S/C30H28N2O4.C2H4O2.Mn/c1-35-23-13-15-25(27(33)19-23)29(21-9-5-3-6-10-21)31-17-18-32-30(22-11-7-4-8-12-22)26-16-14-24(36-2)20-28(26)34;1-2(3)4;/h3-16,19-20,33-34H,17-18H2,1-2H3;1H3,(H,3,4);/q;;+2. The molecule has 211 valence electrons. The van der Waals surface area contributed by atoms with Gasteiger partial charge in [0, 0.05) is 41.3 Å². The summed E-state index contributed by atoms with van der Waals surface area (Å²) < 4.78 is 10.4. The summed E-state index contributed by atoms with van der Waals surface area (Å²) in [7, 11) is 3.12. The quantitative estimate of drug-likeness (QED) is 0.132. The molecular formula is C32H32MnN2O6+2. The van der Waals surface area contributed by atoms with Crippen molar-refractivity contribution < 1.29 is 46.7 Å². The Morgan fingerprint density at radius 2 is 1.00 bits per heavy atom. The van der Waals surface area contributed by atoms with Crippen LogP contribution in [0.2, 0.25) is 0 Å². The molecule has 0 atom stereocenters. The number of carboxylic acids is 1. The number of phenols is 2. The van der Waals surface area contributed by atoms with Gasteiger partial charge in [-0.15, -0.1) is 0 Å². The van der Waals surface area contributed by atoms with E-state index in [0.717, 1.165) is 18.1 Å². The summed E-state index contributed by atoms with van der Waals surface area (Å²) in [5.41, 5.74) is 4.33. The molecule has 9 heteroatoms. The Balaban J connectivity index is 0.00000110. The molecule has 41 heavy (non-hydrogen) atoms. The zero-order valence-corrected chi connectivity index (χ0v) is 24.2. The van der Waals surface area contributed by atoms with E-state index in [1.807, 2.05) is 60.7 Å². The van der Waals surface area contributed by atoms with Crippen molar-refractivity contribution >= 4 is 17.4 Å². The molecule has 0 spiro atoms. The van der Waals surface area contributed by atoms with E-state index in [2.05, 4.69) is 0 Å². The maximum absolute atomic E-state index is 10.6. The van der Waals surface area contributed by atoms with Gasteiger partial charge in [0.1, 0.15) is 23.0 Å². The van der Waals surface area contributed by atoms with Crippen LogP contribution in [0.15, 0.2) is 107 Å². The van der Waals surface area contributed by atoms with Crippen molar-refractivity contribution in [1.82, 2.24) is 0 Å². The van der Waals surface area contributed by atoms with Crippen LogP contribution in [0.4, 0.5) is 0 Å². The summed E-state index contributed by atoms with van der Waals surface area (Å²) in [4.78, 5) is 18.6. The first-order chi connectivity index (χ1) is 19.3. The minimum absolute atomic E-state index is 0. The van der Waals surface area contributed by atoms with Gasteiger partial charge >= 0.3 is 17.1 Å². The van der Waals surface area contributed by atoms with Crippen molar-refractivity contribution in [3.05, 3.63) is 119 Å². The fourth-order valence-electron chi connectivity index (χ4n) is 3.86. The van der Waals surface area contributed by atoms with Gasteiger partial charge in [-0.1, -0.05) is 60.7 Å².